The first-order chi connectivity index (χ1) is 11.2. The molecule has 1 N–H and O–H groups in total. The summed E-state index contributed by atoms with van der Waals surface area (Å²) in [6.45, 7) is 8.93. The number of benzene rings is 1. The van der Waals surface area contributed by atoms with Gasteiger partial charge in [0.1, 0.15) is 5.82 Å². The highest BCUT2D eigenvalue weighted by Gasteiger charge is 2.25. The van der Waals surface area contributed by atoms with E-state index >= 15 is 0 Å². The van der Waals surface area contributed by atoms with E-state index in [0.29, 0.717) is 19.5 Å². The van der Waals surface area contributed by atoms with Crippen molar-refractivity contribution in [3.8, 4) is 0 Å². The quantitative estimate of drug-likeness (QED) is 0.838. The molecule has 0 spiro atoms. The molecule has 2 rings (SSSR count). The summed E-state index contributed by atoms with van der Waals surface area (Å²) < 4.78 is 14.3. The molecule has 1 aliphatic rings. The summed E-state index contributed by atoms with van der Waals surface area (Å²) in [6.07, 6.45) is 1.28. The predicted octanol–water partition coefficient (Wildman–Crippen LogP) is 2.42. The van der Waals surface area contributed by atoms with Crippen LogP contribution in [0.2, 0.25) is 0 Å². The lowest BCUT2D eigenvalue weighted by Crippen LogP contribution is -2.46. The average Bonchev–Trinajstić information content (AvgIpc) is 2.60. The van der Waals surface area contributed by atoms with Crippen molar-refractivity contribution in [3.05, 3.63) is 35.6 Å². The van der Waals surface area contributed by atoms with Crippen molar-refractivity contribution in [2.45, 2.75) is 32.7 Å². The normalized spacial score (nSPS) is 17.0. The number of nitrogens with one attached hydrogen (secondary N) is 1. The smallest absolute Gasteiger partial charge is 0.222 e. The fourth-order valence-corrected chi connectivity index (χ4v) is 3.23. The Labute approximate surface area is 138 Å². The van der Waals surface area contributed by atoms with E-state index in [1.807, 2.05) is 30.9 Å². The van der Waals surface area contributed by atoms with Gasteiger partial charge in [-0.1, -0.05) is 25.1 Å². The highest BCUT2D eigenvalue weighted by Crippen LogP contribution is 2.27. The lowest BCUT2D eigenvalue weighted by molar-refractivity contribution is -0.130. The maximum atomic E-state index is 14.3. The second-order valence-electron chi connectivity index (χ2n) is 5.94. The molecule has 1 unspecified atom stereocenters. The van der Waals surface area contributed by atoms with E-state index in [9.17, 15) is 9.18 Å². The molecule has 4 nitrogen and oxygen atoms in total. The molecule has 1 aromatic rings. The first-order valence-corrected chi connectivity index (χ1v) is 8.64. The zero-order chi connectivity index (χ0) is 16.7. The van der Waals surface area contributed by atoms with E-state index in [1.54, 1.807) is 6.07 Å². The van der Waals surface area contributed by atoms with Crippen LogP contribution in [-0.2, 0) is 4.79 Å². The molecule has 0 radical (unpaired) electrons. The summed E-state index contributed by atoms with van der Waals surface area (Å²) in [5, 5.41) is 3.34. The fraction of sp³-hybridized carbons (Fsp3) is 0.611. The zero-order valence-electron chi connectivity index (χ0n) is 14.2. The number of piperazine rings is 1. The molecular weight excluding hydrogens is 293 g/mol. The highest BCUT2D eigenvalue weighted by atomic mass is 19.1. The highest BCUT2D eigenvalue weighted by molar-refractivity contribution is 5.75. The monoisotopic (exact) mass is 321 g/mol. The van der Waals surface area contributed by atoms with Crippen molar-refractivity contribution in [1.29, 1.82) is 0 Å². The van der Waals surface area contributed by atoms with Crippen LogP contribution in [0.25, 0.3) is 0 Å². The second kappa shape index (κ2) is 8.99. The lowest BCUT2D eigenvalue weighted by atomic mass is 10.00. The van der Waals surface area contributed by atoms with Crippen LogP contribution in [0.4, 0.5) is 4.39 Å². The first-order valence-electron chi connectivity index (χ1n) is 8.64. The largest absolute Gasteiger partial charge is 0.343 e. The van der Waals surface area contributed by atoms with E-state index in [-0.39, 0.29) is 17.8 Å². The Morgan fingerprint density at radius 1 is 1.30 bits per heavy atom. The van der Waals surface area contributed by atoms with Gasteiger partial charge in [0.2, 0.25) is 5.91 Å². The third-order valence-electron chi connectivity index (χ3n) is 4.57. The fourth-order valence-electron chi connectivity index (χ4n) is 3.23. The van der Waals surface area contributed by atoms with Gasteiger partial charge in [-0.25, -0.2) is 4.39 Å². The van der Waals surface area contributed by atoms with Crippen LogP contribution in [0.3, 0.4) is 0 Å². The van der Waals surface area contributed by atoms with E-state index < -0.39 is 0 Å². The molecule has 1 saturated heterocycles. The van der Waals surface area contributed by atoms with Crippen molar-refractivity contribution in [1.82, 2.24) is 15.1 Å². The van der Waals surface area contributed by atoms with E-state index in [0.717, 1.165) is 38.2 Å². The van der Waals surface area contributed by atoms with Gasteiger partial charge in [0.15, 0.2) is 0 Å². The summed E-state index contributed by atoms with van der Waals surface area (Å²) in [5.41, 5.74) is 0.745. The third kappa shape index (κ3) is 4.75. The molecule has 128 valence electrons. The number of carbonyl (C=O) groups excluding carboxylic acids is 1. The van der Waals surface area contributed by atoms with Gasteiger partial charge in [0, 0.05) is 57.3 Å². The van der Waals surface area contributed by atoms with Crippen LogP contribution >= 0.6 is 0 Å². The molecular formula is C18H28FN3O. The number of nitrogens with zero attached hydrogens (tertiary/aromatic N) is 2. The van der Waals surface area contributed by atoms with Crippen LogP contribution in [0.5, 0.6) is 0 Å². The van der Waals surface area contributed by atoms with E-state index in [4.69, 9.17) is 0 Å². The Morgan fingerprint density at radius 2 is 2.00 bits per heavy atom. The first kappa shape index (κ1) is 17.9. The van der Waals surface area contributed by atoms with Gasteiger partial charge in [-0.05, 0) is 19.4 Å². The minimum Gasteiger partial charge on any atom is -0.343 e. The van der Waals surface area contributed by atoms with Gasteiger partial charge >= 0.3 is 0 Å². The van der Waals surface area contributed by atoms with Gasteiger partial charge in [-0.2, -0.15) is 0 Å². The molecule has 1 aliphatic heterocycles. The minimum absolute atomic E-state index is 0.0250. The standard InChI is InChI=1S/C18H28FN3O/c1-3-18(23)21(4-2)12-9-17(22-13-10-20-11-14-22)15-7-5-6-8-16(15)19/h5-8,17,20H,3-4,9-14H2,1-2H3. The molecule has 0 aliphatic carbocycles. The van der Waals surface area contributed by atoms with Gasteiger partial charge in [-0.15, -0.1) is 0 Å². The van der Waals surface area contributed by atoms with Gasteiger partial charge in [0.05, 0.1) is 0 Å². The van der Waals surface area contributed by atoms with Crippen LogP contribution in [0.15, 0.2) is 24.3 Å². The molecule has 1 atom stereocenters. The van der Waals surface area contributed by atoms with Crippen molar-refractivity contribution in [3.63, 3.8) is 0 Å². The molecule has 23 heavy (non-hydrogen) atoms. The Balaban J connectivity index is 2.13. The van der Waals surface area contributed by atoms with E-state index in [2.05, 4.69) is 10.2 Å². The van der Waals surface area contributed by atoms with Crippen molar-refractivity contribution < 1.29 is 9.18 Å². The third-order valence-corrected chi connectivity index (χ3v) is 4.57. The van der Waals surface area contributed by atoms with Crippen molar-refractivity contribution >= 4 is 5.91 Å². The summed E-state index contributed by atoms with van der Waals surface area (Å²) in [5.74, 6) is 0.0148. The predicted molar refractivity (Wildman–Crippen MR) is 90.7 cm³/mol. The summed E-state index contributed by atoms with van der Waals surface area (Å²) >= 11 is 0. The Morgan fingerprint density at radius 3 is 2.61 bits per heavy atom. The molecule has 1 heterocycles. The summed E-state index contributed by atoms with van der Waals surface area (Å²) in [6, 6.07) is 7.05. The number of hydrogen-bond donors (Lipinski definition) is 1. The molecule has 0 saturated carbocycles. The number of halogens is 1. The number of rotatable bonds is 7. The maximum absolute atomic E-state index is 14.3. The molecule has 1 fully saturated rings. The van der Waals surface area contributed by atoms with Crippen LogP contribution in [0, 0.1) is 5.82 Å². The molecule has 0 bridgehead atoms. The molecule has 0 aromatic heterocycles. The van der Waals surface area contributed by atoms with E-state index in [1.165, 1.54) is 6.07 Å². The average molecular weight is 321 g/mol. The summed E-state index contributed by atoms with van der Waals surface area (Å²) in [4.78, 5) is 16.2. The Hall–Kier alpha value is -1.46. The van der Waals surface area contributed by atoms with Gasteiger partial charge < -0.3 is 10.2 Å². The Bertz CT molecular complexity index is 503. The molecule has 1 aromatic carbocycles. The number of amides is 1. The second-order valence-corrected chi connectivity index (χ2v) is 5.94. The SMILES string of the molecule is CCC(=O)N(CC)CCC(c1ccccc1F)N1CCNCC1. The van der Waals surface area contributed by atoms with Gasteiger partial charge in [-0.3, -0.25) is 9.69 Å². The molecule has 5 heteroatoms. The maximum Gasteiger partial charge on any atom is 0.222 e. The number of carbonyl (C=O) groups is 1. The van der Waals surface area contributed by atoms with Gasteiger partial charge in [0.25, 0.3) is 0 Å². The summed E-state index contributed by atoms with van der Waals surface area (Å²) in [7, 11) is 0. The van der Waals surface area contributed by atoms with Crippen LogP contribution in [-0.4, -0.2) is 55.0 Å². The van der Waals surface area contributed by atoms with Crippen LogP contribution < -0.4 is 5.32 Å². The zero-order valence-corrected chi connectivity index (χ0v) is 14.2. The minimum atomic E-state index is -0.152. The van der Waals surface area contributed by atoms with Crippen molar-refractivity contribution in [2.75, 3.05) is 39.3 Å². The van der Waals surface area contributed by atoms with Crippen molar-refractivity contribution in [2.24, 2.45) is 0 Å². The lowest BCUT2D eigenvalue weighted by Gasteiger charge is -2.36. The van der Waals surface area contributed by atoms with Crippen LogP contribution in [0.1, 0.15) is 38.3 Å². The molecule has 1 amide bonds. The number of hydrogen-bond acceptors (Lipinski definition) is 3. The Kier molecular flexibility index (Phi) is 6.99. The topological polar surface area (TPSA) is 35.6 Å².